The van der Waals surface area contributed by atoms with E-state index in [0.29, 0.717) is 6.54 Å². The van der Waals surface area contributed by atoms with Crippen molar-refractivity contribution in [2.24, 2.45) is 10.4 Å². The summed E-state index contributed by atoms with van der Waals surface area (Å²) in [5.74, 6) is 0.601. The lowest BCUT2D eigenvalue weighted by Crippen LogP contribution is -2.47. The molecule has 6 nitrogen and oxygen atoms in total. The van der Waals surface area contributed by atoms with Crippen molar-refractivity contribution < 1.29 is 13.9 Å². The van der Waals surface area contributed by atoms with Gasteiger partial charge in [0.1, 0.15) is 5.82 Å². The highest BCUT2D eigenvalue weighted by Gasteiger charge is 2.33. The van der Waals surface area contributed by atoms with Crippen molar-refractivity contribution in [1.82, 2.24) is 15.5 Å². The molecule has 3 rings (SSSR count). The zero-order valence-electron chi connectivity index (χ0n) is 16.7. The van der Waals surface area contributed by atoms with Gasteiger partial charge in [-0.3, -0.25) is 9.89 Å². The molecule has 0 bridgehead atoms. The fraction of sp³-hybridized carbons (Fsp3) is 0.650. The molecule has 2 fully saturated rings. The second-order valence-corrected chi connectivity index (χ2v) is 7.60. The summed E-state index contributed by atoms with van der Waals surface area (Å²) in [5.41, 5.74) is 1.24. The summed E-state index contributed by atoms with van der Waals surface area (Å²) in [4.78, 5) is 7.13. The molecular weight excluding hydrogens is 474 g/mol. The van der Waals surface area contributed by atoms with Crippen LogP contribution in [0.1, 0.15) is 25.5 Å². The van der Waals surface area contributed by atoms with Crippen LogP contribution in [0.25, 0.3) is 0 Å². The van der Waals surface area contributed by atoms with E-state index in [9.17, 15) is 4.39 Å². The Balaban J connectivity index is 0.00000280. The maximum absolute atomic E-state index is 13.4. The molecule has 0 saturated carbocycles. The van der Waals surface area contributed by atoms with Gasteiger partial charge in [-0.05, 0) is 24.6 Å². The molecule has 2 heterocycles. The number of hydrogen-bond acceptors (Lipinski definition) is 4. The van der Waals surface area contributed by atoms with Crippen LogP contribution >= 0.6 is 24.0 Å². The molecule has 158 valence electrons. The standard InChI is InChI=1S/C20H31FN4O2.HI/c1-3-22-19(24-13-20(2)14-27-15-20)23-12-18(25-8-10-26-11-9-25)16-4-6-17(21)7-5-16;/h4-7,18H,3,8-15H2,1-2H3,(H2,22,23,24);1H. The summed E-state index contributed by atoms with van der Waals surface area (Å²) in [6.07, 6.45) is 0. The van der Waals surface area contributed by atoms with Gasteiger partial charge < -0.3 is 20.1 Å². The fourth-order valence-corrected chi connectivity index (χ4v) is 3.38. The number of halogens is 2. The summed E-state index contributed by atoms with van der Waals surface area (Å²) >= 11 is 0. The maximum Gasteiger partial charge on any atom is 0.191 e. The molecule has 0 aliphatic carbocycles. The molecule has 28 heavy (non-hydrogen) atoms. The van der Waals surface area contributed by atoms with Gasteiger partial charge in [0, 0.05) is 31.6 Å². The lowest BCUT2D eigenvalue weighted by Gasteiger charge is -2.37. The van der Waals surface area contributed by atoms with Crippen LogP contribution in [0.2, 0.25) is 0 Å². The SMILES string of the molecule is CCNC(=NCC1(C)COC1)NCC(c1ccc(F)cc1)N1CCOCC1.I. The minimum absolute atomic E-state index is 0. The number of ether oxygens (including phenoxy) is 2. The van der Waals surface area contributed by atoms with Crippen molar-refractivity contribution in [2.45, 2.75) is 19.9 Å². The molecule has 2 N–H and O–H groups in total. The Morgan fingerprint density at radius 3 is 2.43 bits per heavy atom. The second-order valence-electron chi connectivity index (χ2n) is 7.60. The molecule has 1 unspecified atom stereocenters. The molecule has 0 radical (unpaired) electrons. The van der Waals surface area contributed by atoms with Crippen LogP contribution in [0, 0.1) is 11.2 Å². The van der Waals surface area contributed by atoms with Crippen LogP contribution in [0.15, 0.2) is 29.3 Å². The zero-order chi connectivity index (χ0) is 19.1. The minimum atomic E-state index is -0.210. The Labute approximate surface area is 184 Å². The van der Waals surface area contributed by atoms with E-state index in [0.717, 1.165) is 64.1 Å². The number of aliphatic imine (C=N–C) groups is 1. The summed E-state index contributed by atoms with van der Waals surface area (Å²) in [7, 11) is 0. The van der Waals surface area contributed by atoms with Crippen molar-refractivity contribution in [3.8, 4) is 0 Å². The van der Waals surface area contributed by atoms with Crippen molar-refractivity contribution in [3.63, 3.8) is 0 Å². The smallest absolute Gasteiger partial charge is 0.191 e. The third-order valence-corrected chi connectivity index (χ3v) is 5.07. The molecule has 2 aliphatic heterocycles. The Bertz CT molecular complexity index is 619. The minimum Gasteiger partial charge on any atom is -0.380 e. The monoisotopic (exact) mass is 506 g/mol. The van der Waals surface area contributed by atoms with Crippen molar-refractivity contribution in [1.29, 1.82) is 0 Å². The first-order chi connectivity index (χ1) is 13.1. The maximum atomic E-state index is 13.4. The predicted molar refractivity (Wildman–Crippen MR) is 120 cm³/mol. The van der Waals surface area contributed by atoms with E-state index >= 15 is 0 Å². The Hall–Kier alpha value is -0.970. The van der Waals surface area contributed by atoms with E-state index in [4.69, 9.17) is 14.5 Å². The van der Waals surface area contributed by atoms with Crippen LogP contribution < -0.4 is 10.6 Å². The van der Waals surface area contributed by atoms with E-state index in [-0.39, 0.29) is 41.3 Å². The van der Waals surface area contributed by atoms with Crippen molar-refractivity contribution >= 4 is 29.9 Å². The molecule has 0 amide bonds. The van der Waals surface area contributed by atoms with Gasteiger partial charge in [-0.1, -0.05) is 19.1 Å². The van der Waals surface area contributed by atoms with Gasteiger partial charge in [-0.2, -0.15) is 0 Å². The largest absolute Gasteiger partial charge is 0.380 e. The molecule has 0 aromatic heterocycles. The topological polar surface area (TPSA) is 58.1 Å². The molecule has 1 aromatic carbocycles. The predicted octanol–water partition coefficient (Wildman–Crippen LogP) is 2.41. The Morgan fingerprint density at radius 2 is 1.86 bits per heavy atom. The average Bonchev–Trinajstić information content (AvgIpc) is 2.67. The second kappa shape index (κ2) is 11.3. The van der Waals surface area contributed by atoms with E-state index in [1.54, 1.807) is 0 Å². The van der Waals surface area contributed by atoms with Gasteiger partial charge in [0.15, 0.2) is 5.96 Å². The fourth-order valence-electron chi connectivity index (χ4n) is 3.38. The van der Waals surface area contributed by atoms with Crippen molar-refractivity contribution in [2.75, 3.05) is 59.2 Å². The van der Waals surface area contributed by atoms with Gasteiger partial charge in [0.25, 0.3) is 0 Å². The first kappa shape index (κ1) is 23.3. The van der Waals surface area contributed by atoms with Crippen LogP contribution in [-0.4, -0.2) is 70.0 Å². The van der Waals surface area contributed by atoms with Crippen LogP contribution in [0.5, 0.6) is 0 Å². The number of morpholine rings is 1. The molecule has 1 atom stereocenters. The van der Waals surface area contributed by atoms with E-state index < -0.39 is 0 Å². The first-order valence-corrected chi connectivity index (χ1v) is 9.77. The first-order valence-electron chi connectivity index (χ1n) is 9.77. The molecule has 1 aromatic rings. The van der Waals surface area contributed by atoms with E-state index in [1.807, 2.05) is 12.1 Å². The number of hydrogen-bond donors (Lipinski definition) is 2. The highest BCUT2D eigenvalue weighted by atomic mass is 127. The average molecular weight is 506 g/mol. The van der Waals surface area contributed by atoms with E-state index in [1.165, 1.54) is 12.1 Å². The number of nitrogens with one attached hydrogen (secondary N) is 2. The lowest BCUT2D eigenvalue weighted by molar-refractivity contribution is -0.0945. The highest BCUT2D eigenvalue weighted by Crippen LogP contribution is 2.26. The van der Waals surface area contributed by atoms with Gasteiger partial charge >= 0.3 is 0 Å². The van der Waals surface area contributed by atoms with Gasteiger partial charge in [-0.25, -0.2) is 4.39 Å². The lowest BCUT2D eigenvalue weighted by atomic mass is 9.89. The van der Waals surface area contributed by atoms with Gasteiger partial charge in [-0.15, -0.1) is 24.0 Å². The number of guanidine groups is 1. The highest BCUT2D eigenvalue weighted by molar-refractivity contribution is 14.0. The summed E-state index contributed by atoms with van der Waals surface area (Å²) < 4.78 is 24.2. The third kappa shape index (κ3) is 6.53. The molecular formula is C20H32FIN4O2. The summed E-state index contributed by atoms with van der Waals surface area (Å²) in [5, 5.41) is 6.79. The molecule has 8 heteroatoms. The van der Waals surface area contributed by atoms with Gasteiger partial charge in [0.2, 0.25) is 0 Å². The number of rotatable bonds is 7. The normalized spacial score (nSPS) is 20.6. The molecule has 2 saturated heterocycles. The van der Waals surface area contributed by atoms with Gasteiger partial charge in [0.05, 0.1) is 39.0 Å². The van der Waals surface area contributed by atoms with Crippen molar-refractivity contribution in [3.05, 3.63) is 35.6 Å². The molecule has 0 spiro atoms. The van der Waals surface area contributed by atoms with Crippen LogP contribution in [0.3, 0.4) is 0 Å². The zero-order valence-corrected chi connectivity index (χ0v) is 19.1. The summed E-state index contributed by atoms with van der Waals surface area (Å²) in [6, 6.07) is 6.93. The number of benzene rings is 1. The third-order valence-electron chi connectivity index (χ3n) is 5.07. The quantitative estimate of drug-likeness (QED) is 0.338. The Morgan fingerprint density at radius 1 is 1.18 bits per heavy atom. The van der Waals surface area contributed by atoms with Crippen LogP contribution in [-0.2, 0) is 9.47 Å². The Kier molecular flexibility index (Phi) is 9.39. The molecule has 2 aliphatic rings. The van der Waals surface area contributed by atoms with Crippen LogP contribution in [0.4, 0.5) is 4.39 Å². The summed E-state index contributed by atoms with van der Waals surface area (Å²) in [6.45, 7) is 11.2. The number of nitrogens with zero attached hydrogens (tertiary/aromatic N) is 2. The van der Waals surface area contributed by atoms with E-state index in [2.05, 4.69) is 29.4 Å².